The third kappa shape index (κ3) is 1.86. The van der Waals surface area contributed by atoms with Gasteiger partial charge in [-0.1, -0.05) is 15.9 Å². The Morgan fingerprint density at radius 3 is 2.63 bits per heavy atom. The van der Waals surface area contributed by atoms with Crippen LogP contribution in [0.2, 0.25) is 0 Å². The highest BCUT2D eigenvalue weighted by Gasteiger charge is 2.26. The third-order valence-corrected chi connectivity index (χ3v) is 4.67. The van der Waals surface area contributed by atoms with Crippen molar-refractivity contribution in [2.45, 2.75) is 6.42 Å². The fourth-order valence-corrected chi connectivity index (χ4v) is 3.73. The number of hydrogen-bond donors (Lipinski definition) is 1. The summed E-state index contributed by atoms with van der Waals surface area (Å²) in [5.41, 5.74) is 10.9. The number of non-ortho nitro benzene ring substituents is 1. The van der Waals surface area contributed by atoms with Crippen molar-refractivity contribution in [2.75, 3.05) is 5.73 Å². The van der Waals surface area contributed by atoms with Crippen molar-refractivity contribution in [1.82, 2.24) is 0 Å². The predicted molar refractivity (Wildman–Crippen MR) is 81.2 cm³/mol. The molecule has 0 heterocycles. The smallest absolute Gasteiger partial charge is 0.269 e. The number of nitrogen functional groups attached to an aromatic ring is 1. The molecular formula is C13H8Br2N2O2. The van der Waals surface area contributed by atoms with E-state index in [9.17, 15) is 10.1 Å². The number of hydrogen-bond acceptors (Lipinski definition) is 3. The summed E-state index contributed by atoms with van der Waals surface area (Å²) in [7, 11) is 0. The summed E-state index contributed by atoms with van der Waals surface area (Å²) in [5.74, 6) is 0. The highest BCUT2D eigenvalue weighted by Crippen LogP contribution is 2.47. The van der Waals surface area contributed by atoms with Gasteiger partial charge < -0.3 is 5.73 Å². The number of rotatable bonds is 1. The van der Waals surface area contributed by atoms with E-state index in [0.717, 1.165) is 31.2 Å². The Bertz CT molecular complexity index is 729. The van der Waals surface area contributed by atoms with Crippen molar-refractivity contribution in [3.8, 4) is 11.1 Å². The van der Waals surface area contributed by atoms with Crippen LogP contribution in [-0.2, 0) is 6.42 Å². The summed E-state index contributed by atoms with van der Waals surface area (Å²) < 4.78 is 1.78. The zero-order chi connectivity index (χ0) is 13.7. The SMILES string of the molecule is Nc1c(Br)cc(Br)c2c1-c1ccc([N+](=O)[O-])cc1C2. The second-order valence-electron chi connectivity index (χ2n) is 4.38. The number of nitrogens with two attached hydrogens (primary N) is 1. The van der Waals surface area contributed by atoms with Crippen molar-refractivity contribution in [3.63, 3.8) is 0 Å². The number of halogens is 2. The molecule has 2 N–H and O–H groups in total. The molecule has 19 heavy (non-hydrogen) atoms. The zero-order valence-electron chi connectivity index (χ0n) is 9.61. The molecule has 1 aliphatic rings. The largest absolute Gasteiger partial charge is 0.397 e. The maximum Gasteiger partial charge on any atom is 0.269 e. The molecule has 3 rings (SSSR count). The molecule has 1 aliphatic carbocycles. The van der Waals surface area contributed by atoms with E-state index < -0.39 is 0 Å². The van der Waals surface area contributed by atoms with Crippen LogP contribution in [0.4, 0.5) is 11.4 Å². The third-order valence-electron chi connectivity index (χ3n) is 3.31. The molecule has 6 heteroatoms. The van der Waals surface area contributed by atoms with Crippen LogP contribution in [0.25, 0.3) is 11.1 Å². The molecule has 0 spiro atoms. The minimum Gasteiger partial charge on any atom is -0.397 e. The van der Waals surface area contributed by atoms with E-state index in [4.69, 9.17) is 5.73 Å². The summed E-state index contributed by atoms with van der Waals surface area (Å²) >= 11 is 6.95. The maximum atomic E-state index is 10.8. The first-order chi connectivity index (χ1) is 8.99. The fraction of sp³-hybridized carbons (Fsp3) is 0.0769. The van der Waals surface area contributed by atoms with Crippen LogP contribution >= 0.6 is 31.9 Å². The van der Waals surface area contributed by atoms with E-state index in [1.54, 1.807) is 12.1 Å². The van der Waals surface area contributed by atoms with Gasteiger partial charge in [0.1, 0.15) is 0 Å². The molecule has 0 saturated heterocycles. The van der Waals surface area contributed by atoms with Gasteiger partial charge in [0, 0.05) is 33.1 Å². The molecule has 0 saturated carbocycles. The Labute approximate surface area is 126 Å². The normalized spacial score (nSPS) is 12.1. The number of nitro benzene ring substituents is 1. The average Bonchev–Trinajstić information content (AvgIpc) is 2.75. The summed E-state index contributed by atoms with van der Waals surface area (Å²) in [4.78, 5) is 10.4. The van der Waals surface area contributed by atoms with Crippen LogP contribution in [0.1, 0.15) is 11.1 Å². The molecule has 0 amide bonds. The first kappa shape index (κ1) is 12.6. The quantitative estimate of drug-likeness (QED) is 0.387. The molecule has 0 atom stereocenters. The monoisotopic (exact) mass is 382 g/mol. The highest BCUT2D eigenvalue weighted by molar-refractivity contribution is 9.11. The summed E-state index contributed by atoms with van der Waals surface area (Å²) in [6.45, 7) is 0. The molecule has 0 bridgehead atoms. The Morgan fingerprint density at radius 2 is 1.95 bits per heavy atom. The average molecular weight is 384 g/mol. The van der Waals surface area contributed by atoms with Crippen molar-refractivity contribution < 1.29 is 4.92 Å². The van der Waals surface area contributed by atoms with Gasteiger partial charge >= 0.3 is 0 Å². The van der Waals surface area contributed by atoms with Gasteiger partial charge in [-0.3, -0.25) is 10.1 Å². The van der Waals surface area contributed by atoms with E-state index in [-0.39, 0.29) is 10.6 Å². The topological polar surface area (TPSA) is 69.2 Å². The molecule has 4 nitrogen and oxygen atoms in total. The van der Waals surface area contributed by atoms with Crippen LogP contribution in [-0.4, -0.2) is 4.92 Å². The molecule has 0 unspecified atom stereocenters. The van der Waals surface area contributed by atoms with Gasteiger partial charge in [0.05, 0.1) is 10.6 Å². The molecule has 2 aromatic carbocycles. The second-order valence-corrected chi connectivity index (χ2v) is 6.09. The Kier molecular flexibility index (Phi) is 2.87. The van der Waals surface area contributed by atoms with Crippen molar-refractivity contribution in [2.24, 2.45) is 0 Å². The van der Waals surface area contributed by atoms with Gasteiger partial charge in [-0.2, -0.15) is 0 Å². The standard InChI is InChI=1S/C13H8Br2N2O2/c14-10-5-11(15)13(16)12-8-2-1-7(17(18)19)3-6(8)4-9(10)12/h1-3,5H,4,16H2. The molecule has 96 valence electrons. The number of nitro groups is 1. The lowest BCUT2D eigenvalue weighted by Gasteiger charge is -2.09. The van der Waals surface area contributed by atoms with E-state index in [2.05, 4.69) is 31.9 Å². The van der Waals surface area contributed by atoms with Crippen LogP contribution in [0, 0.1) is 10.1 Å². The summed E-state index contributed by atoms with van der Waals surface area (Å²) in [6, 6.07) is 6.82. The molecule has 0 radical (unpaired) electrons. The minimum absolute atomic E-state index is 0.111. The zero-order valence-corrected chi connectivity index (χ0v) is 12.8. The number of benzene rings is 2. The van der Waals surface area contributed by atoms with Gasteiger partial charge in [-0.15, -0.1) is 0 Å². The van der Waals surface area contributed by atoms with Gasteiger partial charge in [-0.05, 0) is 44.8 Å². The summed E-state index contributed by atoms with van der Waals surface area (Å²) in [5, 5.41) is 10.8. The minimum atomic E-state index is -0.377. The number of nitrogens with zero attached hydrogens (tertiary/aromatic N) is 1. The first-order valence-corrected chi connectivity index (χ1v) is 7.11. The van der Waals surface area contributed by atoms with Crippen molar-refractivity contribution in [3.05, 3.63) is 54.5 Å². The lowest BCUT2D eigenvalue weighted by atomic mass is 10.0. The summed E-state index contributed by atoms with van der Waals surface area (Å²) in [6.07, 6.45) is 0.657. The molecule has 2 aromatic rings. The van der Waals surface area contributed by atoms with E-state index >= 15 is 0 Å². The first-order valence-electron chi connectivity index (χ1n) is 5.53. The maximum absolute atomic E-state index is 10.8. The van der Waals surface area contributed by atoms with Crippen LogP contribution in [0.5, 0.6) is 0 Å². The fourth-order valence-electron chi connectivity index (χ4n) is 2.43. The predicted octanol–water partition coefficient (Wildman–Crippen LogP) is 4.27. The lowest BCUT2D eigenvalue weighted by molar-refractivity contribution is -0.384. The highest BCUT2D eigenvalue weighted by atomic mass is 79.9. The Hall–Kier alpha value is -1.40. The van der Waals surface area contributed by atoms with Gasteiger partial charge in [0.25, 0.3) is 5.69 Å². The number of fused-ring (bicyclic) bond motifs is 3. The van der Waals surface area contributed by atoms with E-state index in [1.165, 1.54) is 6.07 Å². The molecule has 0 fully saturated rings. The van der Waals surface area contributed by atoms with E-state index in [0.29, 0.717) is 12.1 Å². The molecule has 0 aromatic heterocycles. The van der Waals surface area contributed by atoms with Crippen LogP contribution in [0.15, 0.2) is 33.2 Å². The van der Waals surface area contributed by atoms with Crippen molar-refractivity contribution >= 4 is 43.2 Å². The van der Waals surface area contributed by atoms with Crippen molar-refractivity contribution in [1.29, 1.82) is 0 Å². The Balaban J connectivity index is 2.27. The molecule has 0 aliphatic heterocycles. The molecular weight excluding hydrogens is 376 g/mol. The van der Waals surface area contributed by atoms with Gasteiger partial charge in [-0.25, -0.2) is 0 Å². The van der Waals surface area contributed by atoms with Gasteiger partial charge in [0.15, 0.2) is 0 Å². The second kappa shape index (κ2) is 4.31. The Morgan fingerprint density at radius 1 is 1.21 bits per heavy atom. The van der Waals surface area contributed by atoms with Gasteiger partial charge in [0.2, 0.25) is 0 Å². The lowest BCUT2D eigenvalue weighted by Crippen LogP contribution is -1.93. The van der Waals surface area contributed by atoms with E-state index in [1.807, 2.05) is 6.07 Å². The number of anilines is 1. The van der Waals surface area contributed by atoms with Crippen LogP contribution < -0.4 is 5.73 Å². The van der Waals surface area contributed by atoms with Crippen LogP contribution in [0.3, 0.4) is 0 Å².